The van der Waals surface area contributed by atoms with Gasteiger partial charge in [-0.3, -0.25) is 10.1 Å². The van der Waals surface area contributed by atoms with Crippen molar-refractivity contribution in [3.8, 4) is 0 Å². The van der Waals surface area contributed by atoms with Gasteiger partial charge in [-0.2, -0.15) is 0 Å². The number of anilines is 3. The second-order valence-corrected chi connectivity index (χ2v) is 7.05. The standard InChI is InChI=1S/C20H26N6O4/c1-24(16-9-5-4-8-15(16)20(27)30-2)19-17(26(28)29)18(22-14-23-19)21-10-13-25-11-6-3-7-12-25/h4-5,8-9,14H,3,6-7,10-13H2,1-2H3,(H,21,22,23). The number of esters is 1. The summed E-state index contributed by atoms with van der Waals surface area (Å²) in [5, 5.41) is 15.0. The summed E-state index contributed by atoms with van der Waals surface area (Å²) in [5.74, 6) is -0.287. The van der Waals surface area contributed by atoms with Gasteiger partial charge in [0, 0.05) is 20.1 Å². The number of aromatic nitrogens is 2. The van der Waals surface area contributed by atoms with Gasteiger partial charge in [-0.05, 0) is 38.1 Å². The Kier molecular flexibility index (Phi) is 7.12. The molecule has 1 aliphatic rings. The largest absolute Gasteiger partial charge is 0.465 e. The number of rotatable bonds is 8. The molecule has 10 heteroatoms. The van der Waals surface area contributed by atoms with E-state index in [1.54, 1.807) is 31.3 Å². The predicted octanol–water partition coefficient (Wildman–Crippen LogP) is 2.84. The summed E-state index contributed by atoms with van der Waals surface area (Å²) in [6, 6.07) is 6.72. The number of nitrogens with one attached hydrogen (secondary N) is 1. The van der Waals surface area contributed by atoms with Crippen molar-refractivity contribution in [3.63, 3.8) is 0 Å². The molecule has 10 nitrogen and oxygen atoms in total. The zero-order valence-corrected chi connectivity index (χ0v) is 17.2. The number of carbonyl (C=O) groups excluding carboxylic acids is 1. The van der Waals surface area contributed by atoms with Gasteiger partial charge in [0.2, 0.25) is 11.6 Å². The van der Waals surface area contributed by atoms with Crippen LogP contribution in [-0.4, -0.2) is 66.1 Å². The zero-order valence-electron chi connectivity index (χ0n) is 17.2. The van der Waals surface area contributed by atoms with Crippen molar-refractivity contribution in [2.24, 2.45) is 0 Å². The van der Waals surface area contributed by atoms with Gasteiger partial charge < -0.3 is 19.9 Å². The van der Waals surface area contributed by atoms with Gasteiger partial charge in [-0.25, -0.2) is 14.8 Å². The Labute approximate surface area is 175 Å². The number of nitrogens with zero attached hydrogens (tertiary/aromatic N) is 5. The molecule has 2 heterocycles. The first kappa shape index (κ1) is 21.4. The quantitative estimate of drug-likeness (QED) is 0.395. The molecule has 1 aromatic heterocycles. The van der Waals surface area contributed by atoms with Crippen LogP contribution in [0, 0.1) is 10.1 Å². The monoisotopic (exact) mass is 414 g/mol. The first-order valence-electron chi connectivity index (χ1n) is 9.89. The molecule has 0 radical (unpaired) electrons. The van der Waals surface area contributed by atoms with E-state index in [1.165, 1.54) is 37.6 Å². The van der Waals surface area contributed by atoms with E-state index in [1.807, 2.05) is 0 Å². The third kappa shape index (κ3) is 4.82. The summed E-state index contributed by atoms with van der Waals surface area (Å²) >= 11 is 0. The second-order valence-electron chi connectivity index (χ2n) is 7.05. The second kappa shape index (κ2) is 9.97. The van der Waals surface area contributed by atoms with E-state index in [0.29, 0.717) is 12.2 Å². The molecule has 0 spiro atoms. The highest BCUT2D eigenvalue weighted by atomic mass is 16.6. The Bertz CT molecular complexity index is 901. The Balaban J connectivity index is 1.85. The molecule has 0 amide bonds. The number of likely N-dealkylation sites (tertiary alicyclic amines) is 1. The normalized spacial score (nSPS) is 14.2. The Hall–Kier alpha value is -3.27. The van der Waals surface area contributed by atoms with Crippen molar-refractivity contribution in [3.05, 3.63) is 46.3 Å². The molecular weight excluding hydrogens is 388 g/mol. The van der Waals surface area contributed by atoms with Crippen molar-refractivity contribution in [2.75, 3.05) is 50.6 Å². The molecule has 0 atom stereocenters. The molecule has 0 bridgehead atoms. The molecule has 30 heavy (non-hydrogen) atoms. The fourth-order valence-electron chi connectivity index (χ4n) is 3.59. The van der Waals surface area contributed by atoms with Crippen molar-refractivity contribution in [1.82, 2.24) is 14.9 Å². The first-order chi connectivity index (χ1) is 14.5. The lowest BCUT2D eigenvalue weighted by Crippen LogP contribution is -2.33. The van der Waals surface area contributed by atoms with E-state index in [-0.39, 0.29) is 22.9 Å². The van der Waals surface area contributed by atoms with Crippen LogP contribution in [0.25, 0.3) is 0 Å². The Morgan fingerprint density at radius 3 is 2.70 bits per heavy atom. The van der Waals surface area contributed by atoms with Crippen molar-refractivity contribution in [2.45, 2.75) is 19.3 Å². The number of carbonyl (C=O) groups is 1. The highest BCUT2D eigenvalue weighted by molar-refractivity contribution is 5.97. The summed E-state index contributed by atoms with van der Waals surface area (Å²) in [6.07, 6.45) is 4.90. The molecule has 160 valence electrons. The molecule has 2 aromatic rings. The average molecular weight is 414 g/mol. The van der Waals surface area contributed by atoms with Crippen LogP contribution in [0.4, 0.5) is 23.0 Å². The molecule has 1 aromatic carbocycles. The van der Waals surface area contributed by atoms with E-state index in [0.717, 1.165) is 19.6 Å². The molecular formula is C20H26N6O4. The molecule has 1 fully saturated rings. The number of hydrogen-bond donors (Lipinski definition) is 1. The summed E-state index contributed by atoms with van der Waals surface area (Å²) in [5.41, 5.74) is 0.499. The third-order valence-corrected chi connectivity index (χ3v) is 5.14. The fourth-order valence-corrected chi connectivity index (χ4v) is 3.59. The van der Waals surface area contributed by atoms with Crippen LogP contribution in [0.3, 0.4) is 0 Å². The van der Waals surface area contributed by atoms with Crippen LogP contribution in [0.5, 0.6) is 0 Å². The number of nitro groups is 1. The first-order valence-corrected chi connectivity index (χ1v) is 9.89. The summed E-state index contributed by atoms with van der Waals surface area (Å²) in [4.78, 5) is 35.5. The minimum absolute atomic E-state index is 0.0897. The smallest absolute Gasteiger partial charge is 0.353 e. The SMILES string of the molecule is COC(=O)c1ccccc1N(C)c1ncnc(NCCN2CCCCC2)c1[N+](=O)[O-]. The summed E-state index contributed by atoms with van der Waals surface area (Å²) in [6.45, 7) is 3.43. The third-order valence-electron chi connectivity index (χ3n) is 5.14. The number of benzene rings is 1. The average Bonchev–Trinajstić information content (AvgIpc) is 2.78. The minimum Gasteiger partial charge on any atom is -0.465 e. The van der Waals surface area contributed by atoms with E-state index >= 15 is 0 Å². The summed E-state index contributed by atoms with van der Waals surface area (Å²) in [7, 11) is 2.91. The molecule has 0 aliphatic carbocycles. The van der Waals surface area contributed by atoms with Crippen molar-refractivity contribution < 1.29 is 14.5 Å². The van der Waals surface area contributed by atoms with Crippen LogP contribution >= 0.6 is 0 Å². The van der Waals surface area contributed by atoms with Gasteiger partial charge in [0.15, 0.2) is 0 Å². The van der Waals surface area contributed by atoms with Crippen LogP contribution in [0.1, 0.15) is 29.6 Å². The molecule has 0 saturated carbocycles. The summed E-state index contributed by atoms with van der Waals surface area (Å²) < 4.78 is 4.83. The van der Waals surface area contributed by atoms with Crippen molar-refractivity contribution >= 4 is 29.0 Å². The van der Waals surface area contributed by atoms with Crippen LogP contribution < -0.4 is 10.2 Å². The van der Waals surface area contributed by atoms with Gasteiger partial charge in [-0.15, -0.1) is 0 Å². The van der Waals surface area contributed by atoms with Crippen LogP contribution in [0.2, 0.25) is 0 Å². The van der Waals surface area contributed by atoms with Gasteiger partial charge in [0.05, 0.1) is 23.3 Å². The Morgan fingerprint density at radius 1 is 1.27 bits per heavy atom. The lowest BCUT2D eigenvalue weighted by Gasteiger charge is -2.26. The van der Waals surface area contributed by atoms with E-state index < -0.39 is 10.9 Å². The molecule has 0 unspecified atom stereocenters. The van der Waals surface area contributed by atoms with Gasteiger partial charge in [0.25, 0.3) is 0 Å². The molecule has 3 rings (SSSR count). The number of piperidine rings is 1. The highest BCUT2D eigenvalue weighted by Crippen LogP contribution is 2.36. The Morgan fingerprint density at radius 2 is 2.00 bits per heavy atom. The van der Waals surface area contributed by atoms with Gasteiger partial charge >= 0.3 is 11.7 Å². The van der Waals surface area contributed by atoms with Crippen molar-refractivity contribution in [1.29, 1.82) is 0 Å². The van der Waals surface area contributed by atoms with Crippen LogP contribution in [0.15, 0.2) is 30.6 Å². The van der Waals surface area contributed by atoms with Crippen LogP contribution in [-0.2, 0) is 4.74 Å². The van der Waals surface area contributed by atoms with Gasteiger partial charge in [-0.1, -0.05) is 18.6 Å². The lowest BCUT2D eigenvalue weighted by molar-refractivity contribution is -0.383. The number of para-hydroxylation sites is 1. The fraction of sp³-hybridized carbons (Fsp3) is 0.450. The van der Waals surface area contributed by atoms with Gasteiger partial charge in [0.1, 0.15) is 6.33 Å². The highest BCUT2D eigenvalue weighted by Gasteiger charge is 2.28. The molecule has 1 saturated heterocycles. The van der Waals surface area contributed by atoms with E-state index in [4.69, 9.17) is 4.74 Å². The zero-order chi connectivity index (χ0) is 21.5. The van der Waals surface area contributed by atoms with E-state index in [9.17, 15) is 14.9 Å². The number of methoxy groups -OCH3 is 1. The van der Waals surface area contributed by atoms with E-state index in [2.05, 4.69) is 20.2 Å². The topological polar surface area (TPSA) is 114 Å². The minimum atomic E-state index is -0.533. The maximum atomic E-state index is 12.1. The maximum Gasteiger partial charge on any atom is 0.353 e. The number of hydrogen-bond acceptors (Lipinski definition) is 9. The molecule has 1 N–H and O–H groups in total. The lowest BCUT2D eigenvalue weighted by atomic mass is 10.1. The number of ether oxygens (including phenoxy) is 1. The predicted molar refractivity (Wildman–Crippen MR) is 113 cm³/mol. The molecule has 1 aliphatic heterocycles. The maximum absolute atomic E-state index is 12.1.